The summed E-state index contributed by atoms with van der Waals surface area (Å²) in [5, 5.41) is 6.06. The summed E-state index contributed by atoms with van der Waals surface area (Å²) in [4.78, 5) is 24.8. The monoisotopic (exact) mass is 422 g/mol. The number of ether oxygens (including phenoxy) is 2. The number of hydrogen-bond donors (Lipinski definition) is 2. The van der Waals surface area contributed by atoms with Crippen LogP contribution in [0.1, 0.15) is 41.6 Å². The highest BCUT2D eigenvalue weighted by molar-refractivity contribution is 5.97. The van der Waals surface area contributed by atoms with Crippen LogP contribution in [0.4, 0.5) is 4.79 Å². The van der Waals surface area contributed by atoms with Crippen molar-refractivity contribution < 1.29 is 19.1 Å². The van der Waals surface area contributed by atoms with E-state index >= 15 is 0 Å². The van der Waals surface area contributed by atoms with E-state index in [0.717, 1.165) is 25.7 Å². The first kappa shape index (κ1) is 22.4. The molecule has 0 bridgehead atoms. The number of carbonyl (C=O) groups excluding carboxylic acids is 2. The molecule has 0 spiro atoms. The zero-order valence-corrected chi connectivity index (χ0v) is 17.9. The molecule has 1 aliphatic rings. The topological polar surface area (TPSA) is 76.7 Å². The Labute approximate surface area is 183 Å². The molecule has 1 saturated carbocycles. The van der Waals surface area contributed by atoms with Gasteiger partial charge in [-0.05, 0) is 43.4 Å². The fourth-order valence-corrected chi connectivity index (χ4v) is 4.19. The summed E-state index contributed by atoms with van der Waals surface area (Å²) in [6.45, 7) is 4.26. The first-order valence-corrected chi connectivity index (χ1v) is 10.6. The van der Waals surface area contributed by atoms with Crippen LogP contribution in [0.5, 0.6) is 5.75 Å². The quantitative estimate of drug-likeness (QED) is 0.625. The van der Waals surface area contributed by atoms with Crippen molar-refractivity contribution in [3.63, 3.8) is 0 Å². The van der Waals surface area contributed by atoms with Crippen molar-refractivity contribution in [3.05, 3.63) is 78.4 Å². The number of hydrogen-bond acceptors (Lipinski definition) is 4. The molecule has 0 unspecified atom stereocenters. The van der Waals surface area contributed by atoms with Gasteiger partial charge in [-0.25, -0.2) is 4.79 Å². The summed E-state index contributed by atoms with van der Waals surface area (Å²) in [6, 6.07) is 17.5. The number of methoxy groups -OCH3 is 1. The molecule has 0 aliphatic heterocycles. The highest BCUT2D eigenvalue weighted by Gasteiger charge is 2.37. The van der Waals surface area contributed by atoms with Crippen LogP contribution in [-0.2, 0) is 10.2 Å². The third-order valence-corrected chi connectivity index (χ3v) is 5.92. The second-order valence-corrected chi connectivity index (χ2v) is 7.84. The number of nitrogens with one attached hydrogen (secondary N) is 2. The maximum atomic E-state index is 12.9. The van der Waals surface area contributed by atoms with E-state index in [1.54, 1.807) is 25.3 Å². The van der Waals surface area contributed by atoms with Gasteiger partial charge in [0.1, 0.15) is 12.4 Å². The van der Waals surface area contributed by atoms with Crippen molar-refractivity contribution in [2.75, 3.05) is 20.3 Å². The van der Waals surface area contributed by atoms with Crippen molar-refractivity contribution >= 4 is 12.0 Å². The van der Waals surface area contributed by atoms with Crippen LogP contribution in [0, 0.1) is 0 Å². The fourth-order valence-electron chi connectivity index (χ4n) is 4.19. The van der Waals surface area contributed by atoms with Crippen LogP contribution in [0.3, 0.4) is 0 Å². The largest absolute Gasteiger partial charge is 0.496 e. The first-order chi connectivity index (χ1) is 15.1. The van der Waals surface area contributed by atoms with Crippen LogP contribution < -0.4 is 15.4 Å². The molecule has 31 heavy (non-hydrogen) atoms. The van der Waals surface area contributed by atoms with E-state index in [1.807, 2.05) is 30.3 Å². The summed E-state index contributed by atoms with van der Waals surface area (Å²) in [5.41, 5.74) is 1.53. The lowest BCUT2D eigenvalue weighted by atomic mass is 9.68. The van der Waals surface area contributed by atoms with Gasteiger partial charge in [0.25, 0.3) is 5.91 Å². The summed E-state index contributed by atoms with van der Waals surface area (Å²) < 4.78 is 10.4. The number of carbonyl (C=O) groups is 2. The lowest BCUT2D eigenvalue weighted by Crippen LogP contribution is -2.47. The van der Waals surface area contributed by atoms with Crippen molar-refractivity contribution in [1.29, 1.82) is 0 Å². The highest BCUT2D eigenvalue weighted by Crippen LogP contribution is 2.39. The second kappa shape index (κ2) is 10.7. The predicted molar refractivity (Wildman–Crippen MR) is 120 cm³/mol. The molecule has 0 radical (unpaired) electrons. The number of benzene rings is 2. The Morgan fingerprint density at radius 1 is 1.10 bits per heavy atom. The molecule has 0 saturated heterocycles. The minimum atomic E-state index is -0.415. The van der Waals surface area contributed by atoms with Gasteiger partial charge in [-0.15, -0.1) is 0 Å². The van der Waals surface area contributed by atoms with Gasteiger partial charge >= 0.3 is 6.09 Å². The number of para-hydroxylation sites is 1. The van der Waals surface area contributed by atoms with Crippen molar-refractivity contribution in [3.8, 4) is 5.75 Å². The molecule has 1 aliphatic carbocycles. The van der Waals surface area contributed by atoms with Crippen LogP contribution in [0.25, 0.3) is 0 Å². The van der Waals surface area contributed by atoms with Crippen molar-refractivity contribution in [2.45, 2.75) is 37.1 Å². The first-order valence-electron chi connectivity index (χ1n) is 10.6. The van der Waals surface area contributed by atoms with Gasteiger partial charge in [-0.2, -0.15) is 0 Å². The molecule has 1 fully saturated rings. The van der Waals surface area contributed by atoms with Gasteiger partial charge in [0, 0.05) is 18.0 Å². The van der Waals surface area contributed by atoms with Crippen LogP contribution in [0.2, 0.25) is 0 Å². The van der Waals surface area contributed by atoms with Crippen molar-refractivity contribution in [2.24, 2.45) is 0 Å². The molecule has 0 heterocycles. The molecule has 2 aromatic rings. The van der Waals surface area contributed by atoms with Crippen LogP contribution in [0.15, 0.2) is 67.3 Å². The summed E-state index contributed by atoms with van der Waals surface area (Å²) in [7, 11) is 1.56. The van der Waals surface area contributed by atoms with E-state index < -0.39 is 6.09 Å². The maximum Gasteiger partial charge on any atom is 0.407 e. The Hall–Kier alpha value is -3.28. The summed E-state index contributed by atoms with van der Waals surface area (Å²) >= 11 is 0. The zero-order chi connectivity index (χ0) is 22.1. The predicted octanol–water partition coefficient (Wildman–Crippen LogP) is 4.22. The Morgan fingerprint density at radius 3 is 2.45 bits per heavy atom. The highest BCUT2D eigenvalue weighted by atomic mass is 16.5. The van der Waals surface area contributed by atoms with Crippen molar-refractivity contribution in [1.82, 2.24) is 10.6 Å². The van der Waals surface area contributed by atoms with E-state index in [-0.39, 0.29) is 24.0 Å². The number of amides is 2. The molecule has 0 atom stereocenters. The number of alkyl carbamates (subject to hydrolysis) is 1. The zero-order valence-electron chi connectivity index (χ0n) is 17.9. The standard InChI is InChI=1S/C25H30N2O4/c1-3-17-31-24(29)27-20-13-15-25(16-14-20,19-9-5-4-6-10-19)18-26-23(28)21-11-7-8-12-22(21)30-2/h3-12,20H,1,13-18H2,2H3,(H,26,28)(H,27,29). The minimum absolute atomic E-state index is 0.0547. The molecular weight excluding hydrogens is 392 g/mol. The molecule has 164 valence electrons. The average Bonchev–Trinajstić information content (AvgIpc) is 2.82. The number of rotatable bonds is 8. The fraction of sp³-hybridized carbons (Fsp3) is 0.360. The summed E-state index contributed by atoms with van der Waals surface area (Å²) in [5.74, 6) is 0.403. The third kappa shape index (κ3) is 5.66. The van der Waals surface area contributed by atoms with Gasteiger partial charge in [-0.3, -0.25) is 4.79 Å². The second-order valence-electron chi connectivity index (χ2n) is 7.84. The van der Waals surface area contributed by atoms with Gasteiger partial charge in [-0.1, -0.05) is 55.1 Å². The van der Waals surface area contributed by atoms with Gasteiger partial charge in [0.05, 0.1) is 12.7 Å². The molecular formula is C25H30N2O4. The Bertz CT molecular complexity index is 889. The Balaban J connectivity index is 1.69. The molecule has 2 aromatic carbocycles. The summed E-state index contributed by atoms with van der Waals surface area (Å²) in [6.07, 6.45) is 4.43. The molecule has 6 nitrogen and oxygen atoms in total. The lowest BCUT2D eigenvalue weighted by Gasteiger charge is -2.41. The Morgan fingerprint density at radius 2 is 1.77 bits per heavy atom. The normalized spacial score (nSPS) is 20.4. The third-order valence-electron chi connectivity index (χ3n) is 5.92. The van der Waals surface area contributed by atoms with E-state index in [1.165, 1.54) is 5.56 Å². The smallest absolute Gasteiger partial charge is 0.407 e. The van der Waals surface area contributed by atoms with Crippen LogP contribution >= 0.6 is 0 Å². The molecule has 2 amide bonds. The van der Waals surface area contributed by atoms with Crippen LogP contribution in [-0.4, -0.2) is 38.3 Å². The van der Waals surface area contributed by atoms with Gasteiger partial charge < -0.3 is 20.1 Å². The Kier molecular flexibility index (Phi) is 7.70. The minimum Gasteiger partial charge on any atom is -0.496 e. The van der Waals surface area contributed by atoms with E-state index in [2.05, 4.69) is 29.3 Å². The maximum absolute atomic E-state index is 12.9. The average molecular weight is 423 g/mol. The van der Waals surface area contributed by atoms with Gasteiger partial charge in [0.15, 0.2) is 0 Å². The van der Waals surface area contributed by atoms with E-state index in [4.69, 9.17) is 9.47 Å². The molecule has 6 heteroatoms. The molecule has 3 rings (SSSR count). The molecule has 2 N–H and O–H groups in total. The van der Waals surface area contributed by atoms with E-state index in [9.17, 15) is 9.59 Å². The lowest BCUT2D eigenvalue weighted by molar-refractivity contribution is 0.0931. The van der Waals surface area contributed by atoms with Gasteiger partial charge in [0.2, 0.25) is 0 Å². The molecule has 0 aromatic heterocycles. The SMILES string of the molecule is C=CCOC(=O)NC1CCC(CNC(=O)c2ccccc2OC)(c2ccccc2)CC1. The van der Waals surface area contributed by atoms with E-state index in [0.29, 0.717) is 17.9 Å².